The second kappa shape index (κ2) is 9.77. The molecule has 0 bridgehead atoms. The smallest absolute Gasteiger partial charge is 0.252 e. The van der Waals surface area contributed by atoms with Crippen molar-refractivity contribution in [3.05, 3.63) is 57.8 Å². The molecule has 3 rings (SSSR count). The molecular weight excluding hydrogens is 466 g/mol. The van der Waals surface area contributed by atoms with Crippen molar-refractivity contribution < 1.29 is 17.6 Å². The lowest BCUT2D eigenvalue weighted by Gasteiger charge is -2.41. The molecule has 1 aromatic carbocycles. The Balaban J connectivity index is 1.80. The molecule has 1 N–H and O–H groups in total. The largest absolute Gasteiger partial charge is 0.351 e. The van der Waals surface area contributed by atoms with Crippen molar-refractivity contribution in [2.75, 3.05) is 25.4 Å². The van der Waals surface area contributed by atoms with Gasteiger partial charge in [-0.05, 0) is 37.5 Å². The summed E-state index contributed by atoms with van der Waals surface area (Å²) in [5.74, 6) is -1.18. The Kier molecular flexibility index (Phi) is 7.51. The molecule has 1 aromatic heterocycles. The van der Waals surface area contributed by atoms with Crippen molar-refractivity contribution in [1.82, 2.24) is 19.6 Å². The number of sulfonamides is 1. The Morgan fingerprint density at radius 2 is 1.97 bits per heavy atom. The maximum atomic E-state index is 13.8. The van der Waals surface area contributed by atoms with E-state index in [4.69, 9.17) is 23.2 Å². The van der Waals surface area contributed by atoms with Gasteiger partial charge in [-0.2, -0.15) is 0 Å². The number of piperidine rings is 1. The number of nitrogens with zero attached hydrogens (tertiary/aromatic N) is 3. The topological polar surface area (TPSA) is 92.3 Å². The molecular formula is C20H23Cl2FN4O3S. The molecule has 1 fully saturated rings. The Morgan fingerprint density at radius 1 is 1.26 bits per heavy atom. The molecule has 1 aliphatic heterocycles. The fraction of sp³-hybridized carbons (Fsp3) is 0.450. The monoisotopic (exact) mass is 488 g/mol. The van der Waals surface area contributed by atoms with Gasteiger partial charge in [-0.25, -0.2) is 27.1 Å². The third-order valence-electron chi connectivity index (χ3n) is 5.50. The maximum Gasteiger partial charge on any atom is 0.252 e. The van der Waals surface area contributed by atoms with Gasteiger partial charge in [0, 0.05) is 31.2 Å². The highest BCUT2D eigenvalue weighted by atomic mass is 35.5. The number of hydrogen-bond acceptors (Lipinski definition) is 5. The zero-order chi connectivity index (χ0) is 22.6. The second-order valence-electron chi connectivity index (χ2n) is 7.52. The molecule has 1 aliphatic rings. The van der Waals surface area contributed by atoms with Gasteiger partial charge in [0.05, 0.1) is 27.1 Å². The molecule has 2 heterocycles. The number of hydrogen-bond donors (Lipinski definition) is 1. The van der Waals surface area contributed by atoms with Gasteiger partial charge < -0.3 is 5.32 Å². The van der Waals surface area contributed by atoms with Crippen molar-refractivity contribution in [1.29, 1.82) is 0 Å². The SMILES string of the molecule is CCCS(=O)(=O)N1CCC(CNC(=O)c2cc(F)c(Cl)cc2Cl)(c2ccncn2)CC1. The molecule has 0 unspecified atom stereocenters. The van der Waals surface area contributed by atoms with Gasteiger partial charge in [-0.1, -0.05) is 30.1 Å². The molecule has 1 saturated heterocycles. The van der Waals surface area contributed by atoms with Crippen LogP contribution in [-0.2, 0) is 15.4 Å². The minimum Gasteiger partial charge on any atom is -0.351 e. The van der Waals surface area contributed by atoms with E-state index >= 15 is 0 Å². The molecule has 0 aliphatic carbocycles. The van der Waals surface area contributed by atoms with Crippen LogP contribution in [0.25, 0.3) is 0 Å². The Bertz CT molecular complexity index is 1050. The summed E-state index contributed by atoms with van der Waals surface area (Å²) in [5.41, 5.74) is 0.0990. The lowest BCUT2D eigenvalue weighted by atomic mass is 9.75. The van der Waals surface area contributed by atoms with Crippen LogP contribution in [0.15, 0.2) is 30.7 Å². The highest BCUT2D eigenvalue weighted by molar-refractivity contribution is 7.89. The van der Waals surface area contributed by atoms with Crippen LogP contribution in [0.1, 0.15) is 42.2 Å². The van der Waals surface area contributed by atoms with E-state index in [2.05, 4.69) is 15.3 Å². The molecule has 0 saturated carbocycles. The summed E-state index contributed by atoms with van der Waals surface area (Å²) in [6.07, 6.45) is 4.51. The van der Waals surface area contributed by atoms with Gasteiger partial charge in [0.25, 0.3) is 5.91 Å². The molecule has 0 spiro atoms. The van der Waals surface area contributed by atoms with Gasteiger partial charge in [0.2, 0.25) is 10.0 Å². The van der Waals surface area contributed by atoms with Crippen LogP contribution in [0, 0.1) is 5.82 Å². The first-order chi connectivity index (χ1) is 14.7. The van der Waals surface area contributed by atoms with E-state index in [0.717, 1.165) is 6.07 Å². The predicted molar refractivity (Wildman–Crippen MR) is 117 cm³/mol. The minimum absolute atomic E-state index is 0.0237. The third-order valence-corrected chi connectivity index (χ3v) is 8.18. The first-order valence-corrected chi connectivity index (χ1v) is 12.2. The summed E-state index contributed by atoms with van der Waals surface area (Å²) in [7, 11) is -3.31. The van der Waals surface area contributed by atoms with Crippen molar-refractivity contribution in [3.8, 4) is 0 Å². The number of benzene rings is 1. The van der Waals surface area contributed by atoms with Gasteiger partial charge in [0.15, 0.2) is 0 Å². The maximum absolute atomic E-state index is 13.8. The molecule has 7 nitrogen and oxygen atoms in total. The molecule has 0 atom stereocenters. The molecule has 2 aromatic rings. The second-order valence-corrected chi connectivity index (χ2v) is 10.4. The zero-order valence-electron chi connectivity index (χ0n) is 16.9. The van der Waals surface area contributed by atoms with Crippen LogP contribution < -0.4 is 5.32 Å². The van der Waals surface area contributed by atoms with E-state index in [0.29, 0.717) is 38.0 Å². The van der Waals surface area contributed by atoms with Crippen molar-refractivity contribution in [2.24, 2.45) is 0 Å². The summed E-state index contributed by atoms with van der Waals surface area (Å²) in [6.45, 7) is 2.65. The molecule has 1 amide bonds. The summed E-state index contributed by atoms with van der Waals surface area (Å²) in [5, 5.41) is 2.69. The van der Waals surface area contributed by atoms with Gasteiger partial charge >= 0.3 is 0 Å². The van der Waals surface area contributed by atoms with Gasteiger partial charge in [-0.3, -0.25) is 4.79 Å². The minimum atomic E-state index is -3.31. The zero-order valence-corrected chi connectivity index (χ0v) is 19.3. The van der Waals surface area contributed by atoms with E-state index in [9.17, 15) is 17.6 Å². The third kappa shape index (κ3) is 5.34. The van der Waals surface area contributed by atoms with Gasteiger partial charge in [0.1, 0.15) is 12.1 Å². The Labute approximate surface area is 191 Å². The van der Waals surface area contributed by atoms with Crippen LogP contribution in [0.3, 0.4) is 0 Å². The number of halogens is 3. The summed E-state index contributed by atoms with van der Waals surface area (Å²) in [6, 6.07) is 3.94. The lowest BCUT2D eigenvalue weighted by Crippen LogP contribution is -2.51. The van der Waals surface area contributed by atoms with E-state index in [1.54, 1.807) is 12.3 Å². The van der Waals surface area contributed by atoms with E-state index in [-0.39, 0.29) is 27.9 Å². The normalized spacial score (nSPS) is 16.8. The first kappa shape index (κ1) is 23.8. The molecule has 31 heavy (non-hydrogen) atoms. The lowest BCUT2D eigenvalue weighted by molar-refractivity contribution is 0.0931. The quantitative estimate of drug-likeness (QED) is 0.602. The van der Waals surface area contributed by atoms with Crippen LogP contribution in [0.2, 0.25) is 10.0 Å². The highest BCUT2D eigenvalue weighted by Crippen LogP contribution is 2.35. The van der Waals surface area contributed by atoms with Gasteiger partial charge in [-0.15, -0.1) is 0 Å². The summed E-state index contributed by atoms with van der Waals surface area (Å²) in [4.78, 5) is 21.0. The summed E-state index contributed by atoms with van der Waals surface area (Å²) >= 11 is 11.8. The number of carbonyl (C=O) groups excluding carboxylic acids is 1. The number of aromatic nitrogens is 2. The van der Waals surface area contributed by atoms with Crippen LogP contribution in [0.4, 0.5) is 4.39 Å². The Hall–Kier alpha value is -1.81. The number of amides is 1. The van der Waals surface area contributed by atoms with Crippen molar-refractivity contribution in [3.63, 3.8) is 0 Å². The molecule has 0 radical (unpaired) electrons. The number of rotatable bonds is 7. The predicted octanol–water partition coefficient (Wildman–Crippen LogP) is 3.43. The van der Waals surface area contributed by atoms with E-state index in [1.807, 2.05) is 6.92 Å². The number of carbonyl (C=O) groups is 1. The average Bonchev–Trinajstić information content (AvgIpc) is 2.75. The fourth-order valence-electron chi connectivity index (χ4n) is 3.75. The van der Waals surface area contributed by atoms with E-state index in [1.165, 1.54) is 16.7 Å². The number of nitrogens with one attached hydrogen (secondary N) is 1. The summed E-state index contributed by atoms with van der Waals surface area (Å²) < 4.78 is 40.2. The van der Waals surface area contributed by atoms with Crippen molar-refractivity contribution in [2.45, 2.75) is 31.6 Å². The Morgan fingerprint density at radius 3 is 2.58 bits per heavy atom. The standard InChI is InChI=1S/C20H23Cl2FN4O3S/c1-2-9-31(29,30)27-7-4-20(5-8-27,18-3-6-24-13-26-18)12-25-19(28)14-10-17(23)16(22)11-15(14)21/h3,6,10-11,13H,2,4-5,7-9,12H2,1H3,(H,25,28). The highest BCUT2D eigenvalue weighted by Gasteiger charge is 2.40. The van der Waals surface area contributed by atoms with Crippen LogP contribution in [-0.4, -0.2) is 54.0 Å². The van der Waals surface area contributed by atoms with Crippen LogP contribution >= 0.6 is 23.2 Å². The molecule has 11 heteroatoms. The fourth-order valence-corrected chi connectivity index (χ4v) is 5.73. The molecule has 168 valence electrons. The van der Waals surface area contributed by atoms with Crippen LogP contribution in [0.5, 0.6) is 0 Å². The van der Waals surface area contributed by atoms with Crippen molar-refractivity contribution >= 4 is 39.1 Å². The first-order valence-electron chi connectivity index (χ1n) is 9.85. The van der Waals surface area contributed by atoms with E-state index < -0.39 is 27.2 Å². The average molecular weight is 489 g/mol.